The summed E-state index contributed by atoms with van der Waals surface area (Å²) in [6.45, 7) is 0. The number of carbonyl (C=O) groups excluding carboxylic acids is 1. The van der Waals surface area contributed by atoms with E-state index in [0.29, 0.717) is 12.8 Å². The molecule has 4 N–H and O–H groups in total. The summed E-state index contributed by atoms with van der Waals surface area (Å²) in [5.74, 6) is 0.852. The minimum atomic E-state index is -0.565. The molecule has 2 saturated carbocycles. The largest absolute Gasteiger partial charge is 0.490 e. The second-order valence-corrected chi connectivity index (χ2v) is 8.19. The lowest BCUT2D eigenvalue weighted by Crippen LogP contribution is -2.47. The van der Waals surface area contributed by atoms with Crippen LogP contribution in [0, 0.1) is 5.92 Å². The summed E-state index contributed by atoms with van der Waals surface area (Å²) >= 11 is 0. The van der Waals surface area contributed by atoms with Crippen LogP contribution in [-0.4, -0.2) is 40.3 Å². The summed E-state index contributed by atoms with van der Waals surface area (Å²) < 4.78 is 6.28. The van der Waals surface area contributed by atoms with Gasteiger partial charge in [0.1, 0.15) is 5.75 Å². The first-order valence-electron chi connectivity index (χ1n) is 10.3. The van der Waals surface area contributed by atoms with Crippen molar-refractivity contribution in [3.05, 3.63) is 36.7 Å². The average molecular weight is 383 g/mol. The molecule has 1 aromatic carbocycles. The van der Waals surface area contributed by atoms with Gasteiger partial charge in [0.15, 0.2) is 0 Å². The molecule has 2 fully saturated rings. The van der Waals surface area contributed by atoms with Crippen LogP contribution in [0.2, 0.25) is 0 Å². The second kappa shape index (κ2) is 8.45. The number of fused-ring (bicyclic) bond motifs is 1. The molecule has 150 valence electrons. The van der Waals surface area contributed by atoms with Crippen molar-refractivity contribution in [1.82, 2.24) is 10.3 Å². The molecule has 28 heavy (non-hydrogen) atoms. The number of amides is 1. The first kappa shape index (κ1) is 19.2. The first-order valence-corrected chi connectivity index (χ1v) is 10.3. The Morgan fingerprint density at radius 1 is 1.14 bits per heavy atom. The van der Waals surface area contributed by atoms with Gasteiger partial charge in [0.25, 0.3) is 0 Å². The monoisotopic (exact) mass is 383 g/mol. The molecule has 0 spiro atoms. The van der Waals surface area contributed by atoms with Gasteiger partial charge in [-0.15, -0.1) is 0 Å². The summed E-state index contributed by atoms with van der Waals surface area (Å²) in [7, 11) is 0. The Morgan fingerprint density at radius 2 is 1.96 bits per heavy atom. The van der Waals surface area contributed by atoms with E-state index in [4.69, 9.17) is 10.5 Å². The number of aliphatic hydroxyl groups is 1. The highest BCUT2D eigenvalue weighted by Crippen LogP contribution is 2.30. The molecule has 1 amide bonds. The molecule has 0 aliphatic heterocycles. The van der Waals surface area contributed by atoms with Crippen molar-refractivity contribution >= 4 is 16.7 Å². The predicted octanol–water partition coefficient (Wildman–Crippen LogP) is 2.53. The van der Waals surface area contributed by atoms with E-state index in [1.54, 1.807) is 6.20 Å². The van der Waals surface area contributed by atoms with E-state index >= 15 is 0 Å². The summed E-state index contributed by atoms with van der Waals surface area (Å²) in [6.07, 6.45) is 8.86. The van der Waals surface area contributed by atoms with Crippen LogP contribution in [0.15, 0.2) is 36.7 Å². The molecule has 2 aromatic rings. The normalized spacial score (nSPS) is 30.7. The fraction of sp³-hybridized carbons (Fsp3) is 0.545. The molecule has 0 saturated heterocycles. The number of nitrogens with one attached hydrogen (secondary N) is 1. The number of hydrogen-bond acceptors (Lipinski definition) is 5. The zero-order chi connectivity index (χ0) is 19.5. The molecule has 0 unspecified atom stereocenters. The van der Waals surface area contributed by atoms with Gasteiger partial charge in [-0.1, -0.05) is 12.1 Å². The Labute approximate surface area is 165 Å². The Hall–Kier alpha value is -2.18. The van der Waals surface area contributed by atoms with Crippen LogP contribution in [0.5, 0.6) is 5.75 Å². The van der Waals surface area contributed by atoms with Crippen LogP contribution in [0.3, 0.4) is 0 Å². The van der Waals surface area contributed by atoms with Crippen LogP contribution in [0.25, 0.3) is 10.8 Å². The van der Waals surface area contributed by atoms with Gasteiger partial charge in [0.2, 0.25) is 5.91 Å². The van der Waals surface area contributed by atoms with Crippen molar-refractivity contribution in [2.24, 2.45) is 11.7 Å². The van der Waals surface area contributed by atoms with E-state index in [-0.39, 0.29) is 30.0 Å². The number of nitrogens with two attached hydrogens (primary N) is 1. The standard InChI is InChI=1S/C22H29N3O3/c23-19-9-4-14(12-20(19)26)22(27)25-16-5-7-17(8-6-16)28-21-3-1-2-15-13-24-11-10-18(15)21/h1-3,10-11,13-14,16-17,19-20,26H,4-9,12,23H2,(H,25,27)/t14-,16?,17?,19+,20+/m0/s1. The van der Waals surface area contributed by atoms with Crippen LogP contribution in [0.4, 0.5) is 0 Å². The number of benzene rings is 1. The van der Waals surface area contributed by atoms with Gasteiger partial charge in [-0.25, -0.2) is 0 Å². The smallest absolute Gasteiger partial charge is 0.223 e. The summed E-state index contributed by atoms with van der Waals surface area (Å²) in [6, 6.07) is 8.03. The lowest BCUT2D eigenvalue weighted by molar-refractivity contribution is -0.128. The highest BCUT2D eigenvalue weighted by molar-refractivity contribution is 5.87. The zero-order valence-electron chi connectivity index (χ0n) is 16.1. The fourth-order valence-corrected chi connectivity index (χ4v) is 4.43. The van der Waals surface area contributed by atoms with Crippen LogP contribution in [-0.2, 0) is 4.79 Å². The third kappa shape index (κ3) is 4.28. The first-order chi connectivity index (χ1) is 13.6. The highest BCUT2D eigenvalue weighted by Gasteiger charge is 2.32. The van der Waals surface area contributed by atoms with Crippen LogP contribution >= 0.6 is 0 Å². The van der Waals surface area contributed by atoms with Crippen molar-refractivity contribution < 1.29 is 14.6 Å². The maximum Gasteiger partial charge on any atom is 0.223 e. The van der Waals surface area contributed by atoms with Gasteiger partial charge in [0.05, 0.1) is 12.2 Å². The maximum atomic E-state index is 12.5. The van der Waals surface area contributed by atoms with E-state index in [0.717, 1.165) is 48.6 Å². The van der Waals surface area contributed by atoms with Crippen molar-refractivity contribution in [1.29, 1.82) is 0 Å². The van der Waals surface area contributed by atoms with E-state index < -0.39 is 6.10 Å². The predicted molar refractivity (Wildman–Crippen MR) is 108 cm³/mol. The zero-order valence-corrected chi connectivity index (χ0v) is 16.1. The number of hydrogen-bond donors (Lipinski definition) is 3. The SMILES string of the molecule is N[C@@H]1CC[C@H](C(=O)NC2CCC(Oc3cccc4cnccc34)CC2)C[C@H]1O. The minimum Gasteiger partial charge on any atom is -0.490 e. The molecule has 2 aliphatic carbocycles. The number of aliphatic hydroxyl groups excluding tert-OH is 1. The van der Waals surface area contributed by atoms with Gasteiger partial charge < -0.3 is 20.9 Å². The minimum absolute atomic E-state index is 0.0665. The van der Waals surface area contributed by atoms with E-state index in [1.165, 1.54) is 0 Å². The number of carbonyl (C=O) groups is 1. The Balaban J connectivity index is 1.28. The van der Waals surface area contributed by atoms with Crippen molar-refractivity contribution in [2.75, 3.05) is 0 Å². The van der Waals surface area contributed by atoms with Crippen molar-refractivity contribution in [3.8, 4) is 5.75 Å². The number of ether oxygens (including phenoxy) is 1. The highest BCUT2D eigenvalue weighted by atomic mass is 16.5. The van der Waals surface area contributed by atoms with Gasteiger partial charge in [0, 0.05) is 41.2 Å². The molecule has 4 rings (SSSR count). The van der Waals surface area contributed by atoms with Gasteiger partial charge in [-0.05, 0) is 57.1 Å². The topological polar surface area (TPSA) is 97.5 Å². The second-order valence-electron chi connectivity index (χ2n) is 8.19. The van der Waals surface area contributed by atoms with Crippen molar-refractivity contribution in [3.63, 3.8) is 0 Å². The number of aromatic nitrogens is 1. The van der Waals surface area contributed by atoms with Gasteiger partial charge in [-0.3, -0.25) is 9.78 Å². The summed E-state index contributed by atoms with van der Waals surface area (Å²) in [4.78, 5) is 16.7. The lowest BCUT2D eigenvalue weighted by Gasteiger charge is -2.33. The molecule has 1 aromatic heterocycles. The van der Waals surface area contributed by atoms with Crippen molar-refractivity contribution in [2.45, 2.75) is 69.2 Å². The number of nitrogens with zero attached hydrogens (tertiary/aromatic N) is 1. The molecule has 0 bridgehead atoms. The van der Waals surface area contributed by atoms with Crippen LogP contribution in [0.1, 0.15) is 44.9 Å². The van der Waals surface area contributed by atoms with Gasteiger partial charge >= 0.3 is 0 Å². The third-order valence-electron chi connectivity index (χ3n) is 6.19. The molecular formula is C22H29N3O3. The maximum absolute atomic E-state index is 12.5. The molecule has 1 heterocycles. The van der Waals surface area contributed by atoms with E-state index in [9.17, 15) is 9.90 Å². The molecule has 6 heteroatoms. The fourth-order valence-electron chi connectivity index (χ4n) is 4.43. The average Bonchev–Trinajstić information content (AvgIpc) is 2.72. The molecule has 2 aliphatic rings. The van der Waals surface area contributed by atoms with E-state index in [2.05, 4.69) is 10.3 Å². The summed E-state index contributed by atoms with van der Waals surface area (Å²) in [5, 5.41) is 15.3. The molecular weight excluding hydrogens is 354 g/mol. The molecule has 6 nitrogen and oxygen atoms in total. The Morgan fingerprint density at radius 3 is 2.75 bits per heavy atom. The van der Waals surface area contributed by atoms with E-state index in [1.807, 2.05) is 30.5 Å². The Bertz CT molecular complexity index is 814. The number of pyridine rings is 1. The molecule has 3 atom stereocenters. The van der Waals surface area contributed by atoms with Crippen LogP contribution < -0.4 is 15.8 Å². The number of rotatable bonds is 4. The third-order valence-corrected chi connectivity index (χ3v) is 6.19. The summed E-state index contributed by atoms with van der Waals surface area (Å²) in [5.41, 5.74) is 5.84. The molecule has 0 radical (unpaired) electrons. The quantitative estimate of drug-likeness (QED) is 0.754. The lowest BCUT2D eigenvalue weighted by atomic mass is 9.83. The van der Waals surface area contributed by atoms with Gasteiger partial charge in [-0.2, -0.15) is 0 Å². The Kier molecular flexibility index (Phi) is 5.78.